The molecule has 108 valence electrons. The molecule has 19 heavy (non-hydrogen) atoms. The van der Waals surface area contributed by atoms with Crippen LogP contribution in [0, 0.1) is 0 Å². The third-order valence-corrected chi connectivity index (χ3v) is 3.32. The van der Waals surface area contributed by atoms with Gasteiger partial charge in [0.1, 0.15) is 5.76 Å². The Morgan fingerprint density at radius 2 is 2.21 bits per heavy atom. The van der Waals surface area contributed by atoms with Crippen molar-refractivity contribution in [3.8, 4) is 0 Å². The monoisotopic (exact) mass is 285 g/mol. The van der Waals surface area contributed by atoms with Gasteiger partial charge in [-0.05, 0) is 13.2 Å². The zero-order valence-electron chi connectivity index (χ0n) is 12.2. The molecule has 0 spiro atoms. The lowest BCUT2D eigenvalue weighted by atomic mass is 9.94. The summed E-state index contributed by atoms with van der Waals surface area (Å²) in [6.45, 7) is 8.44. The number of oxazole rings is 1. The zero-order valence-corrected chi connectivity index (χ0v) is 13.1. The van der Waals surface area contributed by atoms with E-state index in [0.29, 0.717) is 12.4 Å². The molecule has 0 fully saturated rings. The molecule has 0 radical (unpaired) electrons. The summed E-state index contributed by atoms with van der Waals surface area (Å²) < 4.78 is 5.59. The van der Waals surface area contributed by atoms with Crippen molar-refractivity contribution in [2.45, 2.75) is 45.7 Å². The van der Waals surface area contributed by atoms with Crippen LogP contribution in [0.4, 0.5) is 4.79 Å². The van der Waals surface area contributed by atoms with E-state index in [1.54, 1.807) is 18.0 Å². The highest BCUT2D eigenvalue weighted by molar-refractivity contribution is 7.98. The molecular weight excluding hydrogens is 262 g/mol. The Labute approximate surface area is 118 Å². The first-order valence-electron chi connectivity index (χ1n) is 6.31. The van der Waals surface area contributed by atoms with Crippen molar-refractivity contribution >= 4 is 17.8 Å². The lowest BCUT2D eigenvalue weighted by Gasteiger charge is -2.13. The Morgan fingerprint density at radius 3 is 2.74 bits per heavy atom. The largest absolute Gasteiger partial charge is 0.443 e. The van der Waals surface area contributed by atoms with E-state index >= 15 is 0 Å². The molecule has 0 aliphatic rings. The van der Waals surface area contributed by atoms with Crippen LogP contribution in [0.3, 0.4) is 0 Å². The Balaban J connectivity index is 2.40. The molecule has 2 N–H and O–H groups in total. The maximum Gasteiger partial charge on any atom is 0.315 e. The third kappa shape index (κ3) is 5.55. The molecule has 1 rings (SSSR count). The van der Waals surface area contributed by atoms with Gasteiger partial charge in [-0.3, -0.25) is 0 Å². The molecule has 6 heteroatoms. The SMILES string of the molecule is CSC[C@@H](C)NC(=O)NCc1ncc(C(C)(C)C)o1. The van der Waals surface area contributed by atoms with E-state index in [4.69, 9.17) is 4.42 Å². The number of urea groups is 1. The summed E-state index contributed by atoms with van der Waals surface area (Å²) in [4.78, 5) is 15.8. The minimum Gasteiger partial charge on any atom is -0.443 e. The lowest BCUT2D eigenvalue weighted by molar-refractivity contribution is 0.236. The predicted octanol–water partition coefficient (Wildman–Crippen LogP) is 2.52. The summed E-state index contributed by atoms with van der Waals surface area (Å²) in [6.07, 6.45) is 3.72. The first kappa shape index (κ1) is 15.9. The first-order valence-corrected chi connectivity index (χ1v) is 7.71. The topological polar surface area (TPSA) is 67.2 Å². The number of thioether (sulfide) groups is 1. The Kier molecular flexibility index (Phi) is 5.72. The van der Waals surface area contributed by atoms with Crippen molar-refractivity contribution in [3.63, 3.8) is 0 Å². The summed E-state index contributed by atoms with van der Waals surface area (Å²) in [5.41, 5.74) is -0.0691. The normalized spacial score (nSPS) is 13.1. The Hall–Kier alpha value is -1.17. The second-order valence-electron chi connectivity index (χ2n) is 5.55. The molecule has 2 amide bonds. The molecule has 0 saturated carbocycles. The minimum atomic E-state index is -0.197. The maximum atomic E-state index is 11.6. The predicted molar refractivity (Wildman–Crippen MR) is 78.4 cm³/mol. The quantitative estimate of drug-likeness (QED) is 0.872. The van der Waals surface area contributed by atoms with Gasteiger partial charge in [-0.25, -0.2) is 9.78 Å². The number of carbonyl (C=O) groups is 1. The van der Waals surface area contributed by atoms with Gasteiger partial charge in [0.05, 0.1) is 12.7 Å². The molecule has 1 aromatic rings. The van der Waals surface area contributed by atoms with E-state index in [1.807, 2.05) is 13.2 Å². The molecule has 1 aromatic heterocycles. The number of hydrogen-bond donors (Lipinski definition) is 2. The van der Waals surface area contributed by atoms with Gasteiger partial charge in [-0.1, -0.05) is 20.8 Å². The highest BCUT2D eigenvalue weighted by Gasteiger charge is 2.19. The van der Waals surface area contributed by atoms with Gasteiger partial charge < -0.3 is 15.1 Å². The fourth-order valence-electron chi connectivity index (χ4n) is 1.46. The van der Waals surface area contributed by atoms with Crippen molar-refractivity contribution in [1.82, 2.24) is 15.6 Å². The van der Waals surface area contributed by atoms with Crippen LogP contribution in [0.1, 0.15) is 39.3 Å². The average molecular weight is 285 g/mol. The smallest absolute Gasteiger partial charge is 0.315 e. The molecule has 0 aromatic carbocycles. The van der Waals surface area contributed by atoms with E-state index in [9.17, 15) is 4.79 Å². The van der Waals surface area contributed by atoms with E-state index in [2.05, 4.69) is 36.4 Å². The van der Waals surface area contributed by atoms with Crippen LogP contribution in [0.25, 0.3) is 0 Å². The van der Waals surface area contributed by atoms with Gasteiger partial charge in [-0.15, -0.1) is 0 Å². The molecule has 1 heterocycles. The standard InChI is InChI=1S/C13H23N3O2S/c1-9(8-19-5)16-12(17)15-7-11-14-6-10(18-11)13(2,3)4/h6,9H,7-8H2,1-5H3,(H2,15,16,17)/t9-/m1/s1. The van der Waals surface area contributed by atoms with E-state index < -0.39 is 0 Å². The van der Waals surface area contributed by atoms with E-state index in [-0.39, 0.29) is 17.5 Å². The van der Waals surface area contributed by atoms with Crippen LogP contribution in [-0.4, -0.2) is 29.1 Å². The van der Waals surface area contributed by atoms with Crippen molar-refractivity contribution < 1.29 is 9.21 Å². The molecule has 0 bridgehead atoms. The summed E-state index contributed by atoms with van der Waals surface area (Å²) >= 11 is 1.70. The molecule has 0 aliphatic carbocycles. The summed E-state index contributed by atoms with van der Waals surface area (Å²) in [6, 6.07) is -0.0539. The highest BCUT2D eigenvalue weighted by Crippen LogP contribution is 2.22. The van der Waals surface area contributed by atoms with Crippen molar-refractivity contribution in [2.75, 3.05) is 12.0 Å². The van der Waals surface area contributed by atoms with Gasteiger partial charge in [-0.2, -0.15) is 11.8 Å². The van der Waals surface area contributed by atoms with Crippen LogP contribution in [-0.2, 0) is 12.0 Å². The number of nitrogens with one attached hydrogen (secondary N) is 2. The second kappa shape index (κ2) is 6.84. The summed E-state index contributed by atoms with van der Waals surface area (Å²) in [7, 11) is 0. The number of hydrogen-bond acceptors (Lipinski definition) is 4. The van der Waals surface area contributed by atoms with Gasteiger partial charge in [0, 0.05) is 17.2 Å². The van der Waals surface area contributed by atoms with Crippen LogP contribution in [0.15, 0.2) is 10.6 Å². The van der Waals surface area contributed by atoms with E-state index in [0.717, 1.165) is 11.5 Å². The molecule has 0 saturated heterocycles. The zero-order chi connectivity index (χ0) is 14.5. The first-order chi connectivity index (χ1) is 8.82. The Bertz CT molecular complexity index is 412. The average Bonchev–Trinajstić information content (AvgIpc) is 2.74. The van der Waals surface area contributed by atoms with Gasteiger partial charge in [0.2, 0.25) is 5.89 Å². The van der Waals surface area contributed by atoms with Crippen LogP contribution in [0.5, 0.6) is 0 Å². The number of amides is 2. The van der Waals surface area contributed by atoms with Crippen LogP contribution < -0.4 is 10.6 Å². The molecular formula is C13H23N3O2S. The number of rotatable bonds is 5. The van der Waals surface area contributed by atoms with E-state index in [1.165, 1.54) is 0 Å². The lowest BCUT2D eigenvalue weighted by Crippen LogP contribution is -2.41. The number of aromatic nitrogens is 1. The number of nitrogens with zero attached hydrogens (tertiary/aromatic N) is 1. The second-order valence-corrected chi connectivity index (χ2v) is 6.46. The summed E-state index contributed by atoms with van der Waals surface area (Å²) in [5, 5.41) is 5.59. The third-order valence-electron chi connectivity index (χ3n) is 2.49. The minimum absolute atomic E-state index is 0.0691. The van der Waals surface area contributed by atoms with Gasteiger partial charge in [0.25, 0.3) is 0 Å². The van der Waals surface area contributed by atoms with Crippen LogP contribution in [0.2, 0.25) is 0 Å². The van der Waals surface area contributed by atoms with Crippen LogP contribution >= 0.6 is 11.8 Å². The summed E-state index contributed by atoms with van der Waals surface area (Å²) in [5.74, 6) is 2.23. The molecule has 1 atom stereocenters. The van der Waals surface area contributed by atoms with Crippen molar-refractivity contribution in [2.24, 2.45) is 0 Å². The van der Waals surface area contributed by atoms with Crippen molar-refractivity contribution in [3.05, 3.63) is 17.8 Å². The molecule has 0 aliphatic heterocycles. The fourth-order valence-corrected chi connectivity index (χ4v) is 2.04. The van der Waals surface area contributed by atoms with Gasteiger partial charge in [0.15, 0.2) is 0 Å². The Morgan fingerprint density at radius 1 is 1.53 bits per heavy atom. The highest BCUT2D eigenvalue weighted by atomic mass is 32.2. The fraction of sp³-hybridized carbons (Fsp3) is 0.692. The molecule has 5 nitrogen and oxygen atoms in total. The number of carbonyl (C=O) groups excluding carboxylic acids is 1. The molecule has 0 unspecified atom stereocenters. The van der Waals surface area contributed by atoms with Gasteiger partial charge >= 0.3 is 6.03 Å². The maximum absolute atomic E-state index is 11.6. The van der Waals surface area contributed by atoms with Crippen molar-refractivity contribution in [1.29, 1.82) is 0 Å².